The summed E-state index contributed by atoms with van der Waals surface area (Å²) in [7, 11) is -3.53. The second-order valence-electron chi connectivity index (χ2n) is 5.25. The van der Waals surface area contributed by atoms with Crippen LogP contribution >= 0.6 is 0 Å². The summed E-state index contributed by atoms with van der Waals surface area (Å²) in [6.45, 7) is 0.713. The summed E-state index contributed by atoms with van der Waals surface area (Å²) in [6.07, 6.45) is 2.64. The molecule has 6 nitrogen and oxygen atoms in total. The Bertz CT molecular complexity index is 416. The summed E-state index contributed by atoms with van der Waals surface area (Å²) < 4.78 is 21.9. The average Bonchev–Trinajstić information content (AvgIpc) is 2.41. The van der Waals surface area contributed by atoms with E-state index in [1.807, 2.05) is 0 Å². The van der Waals surface area contributed by atoms with Crippen molar-refractivity contribution in [3.63, 3.8) is 0 Å². The molecule has 2 aliphatic rings. The van der Waals surface area contributed by atoms with Crippen LogP contribution < -0.4 is 5.14 Å². The molecular formula is C10H18N2O4S. The molecule has 98 valence electrons. The van der Waals surface area contributed by atoms with E-state index in [0.29, 0.717) is 13.1 Å². The van der Waals surface area contributed by atoms with Crippen LogP contribution in [0.5, 0.6) is 0 Å². The van der Waals surface area contributed by atoms with Crippen molar-refractivity contribution in [1.29, 1.82) is 0 Å². The first-order valence-electron chi connectivity index (χ1n) is 5.78. The summed E-state index contributed by atoms with van der Waals surface area (Å²) in [5.74, 6) is -0.478. The van der Waals surface area contributed by atoms with Gasteiger partial charge in [0, 0.05) is 25.4 Å². The third-order valence-corrected chi connectivity index (χ3v) is 4.47. The van der Waals surface area contributed by atoms with Crippen molar-refractivity contribution in [2.75, 3.05) is 18.8 Å². The van der Waals surface area contributed by atoms with Crippen molar-refractivity contribution in [2.45, 2.75) is 31.3 Å². The molecule has 0 bridgehead atoms. The molecule has 1 aliphatic heterocycles. The van der Waals surface area contributed by atoms with Crippen molar-refractivity contribution >= 4 is 15.9 Å². The van der Waals surface area contributed by atoms with E-state index < -0.39 is 15.6 Å². The van der Waals surface area contributed by atoms with Crippen LogP contribution in [0, 0.1) is 5.92 Å². The van der Waals surface area contributed by atoms with E-state index in [1.54, 1.807) is 4.90 Å². The lowest BCUT2D eigenvalue weighted by Gasteiger charge is -2.39. The van der Waals surface area contributed by atoms with Gasteiger partial charge in [-0.15, -0.1) is 0 Å². The van der Waals surface area contributed by atoms with Gasteiger partial charge in [-0.3, -0.25) is 4.79 Å². The molecule has 0 radical (unpaired) electrons. The summed E-state index contributed by atoms with van der Waals surface area (Å²) in [6, 6.07) is 0. The van der Waals surface area contributed by atoms with Gasteiger partial charge in [-0.2, -0.15) is 0 Å². The van der Waals surface area contributed by atoms with Crippen LogP contribution in [-0.4, -0.2) is 48.8 Å². The third kappa shape index (κ3) is 3.17. The smallest absolute Gasteiger partial charge is 0.223 e. The lowest BCUT2D eigenvalue weighted by Crippen LogP contribution is -2.48. The molecule has 17 heavy (non-hydrogen) atoms. The molecular weight excluding hydrogens is 244 g/mol. The quantitative estimate of drug-likeness (QED) is 0.681. The van der Waals surface area contributed by atoms with E-state index in [2.05, 4.69) is 0 Å². The van der Waals surface area contributed by atoms with Gasteiger partial charge in [0.05, 0.1) is 11.4 Å². The Morgan fingerprint density at radius 2 is 2.12 bits per heavy atom. The highest BCUT2D eigenvalue weighted by atomic mass is 32.2. The van der Waals surface area contributed by atoms with Gasteiger partial charge in [-0.25, -0.2) is 13.6 Å². The topological polar surface area (TPSA) is 101 Å². The zero-order valence-corrected chi connectivity index (χ0v) is 10.4. The lowest BCUT2D eigenvalue weighted by atomic mass is 9.80. The van der Waals surface area contributed by atoms with Crippen molar-refractivity contribution in [3.05, 3.63) is 0 Å². The van der Waals surface area contributed by atoms with E-state index in [-0.39, 0.29) is 24.0 Å². The Balaban J connectivity index is 1.91. The summed E-state index contributed by atoms with van der Waals surface area (Å²) in [5.41, 5.74) is -0.744. The van der Waals surface area contributed by atoms with Crippen molar-refractivity contribution in [1.82, 2.24) is 4.90 Å². The second-order valence-corrected chi connectivity index (χ2v) is 6.91. The Morgan fingerprint density at radius 3 is 2.59 bits per heavy atom. The highest BCUT2D eigenvalue weighted by Gasteiger charge is 2.40. The van der Waals surface area contributed by atoms with Gasteiger partial charge in [-0.1, -0.05) is 0 Å². The summed E-state index contributed by atoms with van der Waals surface area (Å²) in [5, 5.41) is 14.9. The number of rotatable bonds is 4. The fourth-order valence-corrected chi connectivity index (χ4v) is 3.43. The molecule has 0 aromatic rings. The maximum atomic E-state index is 11.7. The Morgan fingerprint density at radius 1 is 1.47 bits per heavy atom. The second kappa shape index (κ2) is 4.22. The molecule has 1 aliphatic carbocycles. The zero-order chi connectivity index (χ0) is 12.7. The molecule has 1 amide bonds. The number of amides is 1. The molecule has 0 aromatic carbocycles. The van der Waals surface area contributed by atoms with Gasteiger partial charge < -0.3 is 10.0 Å². The first kappa shape index (κ1) is 12.8. The molecule has 0 aromatic heterocycles. The van der Waals surface area contributed by atoms with Crippen LogP contribution in [0.15, 0.2) is 0 Å². The largest absolute Gasteiger partial charge is 0.388 e. The van der Waals surface area contributed by atoms with Crippen molar-refractivity contribution < 1.29 is 18.3 Å². The molecule has 1 heterocycles. The fraction of sp³-hybridized carbons (Fsp3) is 0.900. The van der Waals surface area contributed by atoms with Gasteiger partial charge in [0.25, 0.3) is 0 Å². The molecule has 2 rings (SSSR count). The zero-order valence-electron chi connectivity index (χ0n) is 9.63. The summed E-state index contributed by atoms with van der Waals surface area (Å²) >= 11 is 0. The Hall–Kier alpha value is -0.660. The number of likely N-dealkylation sites (tertiary alicyclic amines) is 1. The predicted octanol–water partition coefficient (Wildman–Crippen LogP) is -0.962. The minimum atomic E-state index is -3.53. The van der Waals surface area contributed by atoms with E-state index in [9.17, 15) is 18.3 Å². The molecule has 1 atom stereocenters. The van der Waals surface area contributed by atoms with Gasteiger partial charge in [0.2, 0.25) is 15.9 Å². The van der Waals surface area contributed by atoms with Crippen LogP contribution in [-0.2, 0) is 14.8 Å². The normalized spacial score (nSPS) is 28.2. The maximum Gasteiger partial charge on any atom is 0.223 e. The fourth-order valence-electron chi connectivity index (χ4n) is 2.55. The minimum Gasteiger partial charge on any atom is -0.388 e. The van der Waals surface area contributed by atoms with E-state index in [0.717, 1.165) is 19.3 Å². The first-order chi connectivity index (χ1) is 7.77. The number of nitrogens with zero attached hydrogens (tertiary/aromatic N) is 1. The minimum absolute atomic E-state index is 0.0843. The number of hydrogen-bond acceptors (Lipinski definition) is 4. The number of sulfonamides is 1. The molecule has 0 spiro atoms. The third-order valence-electron chi connectivity index (χ3n) is 3.53. The monoisotopic (exact) mass is 262 g/mol. The number of hydrogen-bond donors (Lipinski definition) is 2. The van der Waals surface area contributed by atoms with Crippen molar-refractivity contribution in [2.24, 2.45) is 11.1 Å². The molecule has 7 heteroatoms. The number of carbonyl (C=O) groups is 1. The molecule has 1 unspecified atom stereocenters. The Kier molecular flexibility index (Phi) is 3.17. The molecule has 2 fully saturated rings. The van der Waals surface area contributed by atoms with Crippen LogP contribution in [0.1, 0.15) is 25.7 Å². The van der Waals surface area contributed by atoms with Crippen LogP contribution in [0.2, 0.25) is 0 Å². The lowest BCUT2D eigenvalue weighted by molar-refractivity contribution is -0.133. The van der Waals surface area contributed by atoms with Gasteiger partial charge in [0.15, 0.2) is 0 Å². The Labute approximate surface area is 101 Å². The number of aliphatic hydroxyl groups is 1. The van der Waals surface area contributed by atoms with E-state index in [1.165, 1.54) is 0 Å². The maximum absolute atomic E-state index is 11.7. The molecule has 1 saturated heterocycles. The van der Waals surface area contributed by atoms with Crippen molar-refractivity contribution in [3.8, 4) is 0 Å². The van der Waals surface area contributed by atoms with Gasteiger partial charge in [-0.05, 0) is 19.3 Å². The van der Waals surface area contributed by atoms with Gasteiger partial charge in [0.1, 0.15) is 0 Å². The first-order valence-corrected chi connectivity index (χ1v) is 7.50. The van der Waals surface area contributed by atoms with Crippen LogP contribution in [0.4, 0.5) is 0 Å². The highest BCUT2D eigenvalue weighted by Crippen LogP contribution is 2.34. The summed E-state index contributed by atoms with van der Waals surface area (Å²) in [4.78, 5) is 13.2. The number of nitrogens with two attached hydrogens (primary N) is 1. The molecule has 3 N–H and O–H groups in total. The SMILES string of the molecule is NS(=O)(=O)CC1CC(=O)N(CC2(O)CCC2)C1. The predicted molar refractivity (Wildman–Crippen MR) is 61.5 cm³/mol. The number of β-amino-alcohol motifs (C(OH)–C–C–N with tert-alkyl or cyclic N) is 1. The van der Waals surface area contributed by atoms with E-state index in [4.69, 9.17) is 5.14 Å². The van der Waals surface area contributed by atoms with E-state index >= 15 is 0 Å². The van der Waals surface area contributed by atoms with Gasteiger partial charge >= 0.3 is 0 Å². The standard InChI is InChI=1S/C10H18N2O4S/c11-17(15,16)6-8-4-9(13)12(5-8)7-10(14)2-1-3-10/h8,14H,1-7H2,(H2,11,15,16). The van der Waals surface area contributed by atoms with Crippen LogP contribution in [0.25, 0.3) is 0 Å². The van der Waals surface area contributed by atoms with Crippen LogP contribution in [0.3, 0.4) is 0 Å². The average molecular weight is 262 g/mol. The number of primary sulfonamides is 1. The molecule has 1 saturated carbocycles. The number of carbonyl (C=O) groups excluding carboxylic acids is 1. The highest BCUT2D eigenvalue weighted by molar-refractivity contribution is 7.89.